The number of nitrogens with one attached hydrogen (secondary N) is 1. The summed E-state index contributed by atoms with van der Waals surface area (Å²) in [7, 11) is 0. The largest absolute Gasteiger partial charge is 0.481 e. The molecule has 1 aliphatic rings. The summed E-state index contributed by atoms with van der Waals surface area (Å²) >= 11 is 0. The normalized spacial score (nSPS) is 19.2. The van der Waals surface area contributed by atoms with Gasteiger partial charge in [0.05, 0.1) is 12.2 Å². The van der Waals surface area contributed by atoms with Gasteiger partial charge >= 0.3 is 6.09 Å². The van der Waals surface area contributed by atoms with Gasteiger partial charge < -0.3 is 15.2 Å². The standard InChI is InChI=1S/C19H16N2O4/c1-2-12-21-14-10-6-7-11-15(14)25-17(13-8-4-3-5-9-13)16(18(21)22)20-19(23)24/h1,3-11,16-17,20H,12H2,(H,23,24)/t16-,17+/m0/s1. The maximum absolute atomic E-state index is 13.0. The number of para-hydroxylation sites is 2. The molecule has 0 aromatic heterocycles. The van der Waals surface area contributed by atoms with E-state index < -0.39 is 24.1 Å². The first-order valence-corrected chi connectivity index (χ1v) is 7.66. The third-order valence-corrected chi connectivity index (χ3v) is 3.90. The third-order valence-electron chi connectivity index (χ3n) is 3.90. The van der Waals surface area contributed by atoms with Crippen LogP contribution in [-0.2, 0) is 4.79 Å². The maximum Gasteiger partial charge on any atom is 0.405 e. The Hall–Kier alpha value is -3.46. The zero-order chi connectivity index (χ0) is 17.8. The number of fused-ring (bicyclic) bond motifs is 1. The van der Waals surface area contributed by atoms with Gasteiger partial charge in [-0.25, -0.2) is 4.79 Å². The summed E-state index contributed by atoms with van der Waals surface area (Å²) in [5, 5.41) is 11.5. The molecule has 0 fully saturated rings. The molecule has 2 atom stereocenters. The van der Waals surface area contributed by atoms with Crippen LogP contribution in [0.2, 0.25) is 0 Å². The monoisotopic (exact) mass is 336 g/mol. The van der Waals surface area contributed by atoms with Crippen LogP contribution in [0.15, 0.2) is 54.6 Å². The molecule has 1 heterocycles. The highest BCUT2D eigenvalue weighted by molar-refractivity contribution is 6.01. The number of hydrogen-bond donors (Lipinski definition) is 2. The summed E-state index contributed by atoms with van der Waals surface area (Å²) in [6.07, 6.45) is 3.28. The fourth-order valence-corrected chi connectivity index (χ4v) is 2.83. The van der Waals surface area contributed by atoms with Gasteiger partial charge in [0, 0.05) is 0 Å². The number of carbonyl (C=O) groups excluding carboxylic acids is 1. The van der Waals surface area contributed by atoms with Crippen LogP contribution in [0.5, 0.6) is 5.75 Å². The Bertz CT molecular complexity index is 829. The fourth-order valence-electron chi connectivity index (χ4n) is 2.83. The van der Waals surface area contributed by atoms with Crippen molar-refractivity contribution in [2.75, 3.05) is 11.4 Å². The lowest BCUT2D eigenvalue weighted by Crippen LogP contribution is -2.51. The first-order chi connectivity index (χ1) is 12.1. The first kappa shape index (κ1) is 16.4. The molecule has 0 saturated heterocycles. The number of benzene rings is 2. The van der Waals surface area contributed by atoms with E-state index >= 15 is 0 Å². The number of carboxylic acid groups (broad SMARTS) is 1. The Morgan fingerprint density at radius 2 is 1.88 bits per heavy atom. The first-order valence-electron chi connectivity index (χ1n) is 7.66. The summed E-state index contributed by atoms with van der Waals surface area (Å²) in [6, 6.07) is 14.9. The number of nitrogens with zero attached hydrogens (tertiary/aromatic N) is 1. The Morgan fingerprint density at radius 3 is 2.56 bits per heavy atom. The van der Waals surface area contributed by atoms with Gasteiger partial charge in [0.2, 0.25) is 0 Å². The van der Waals surface area contributed by atoms with E-state index in [0.717, 1.165) is 0 Å². The van der Waals surface area contributed by atoms with Crippen LogP contribution in [-0.4, -0.2) is 29.7 Å². The van der Waals surface area contributed by atoms with E-state index in [2.05, 4.69) is 11.2 Å². The summed E-state index contributed by atoms with van der Waals surface area (Å²) in [6.45, 7) is 0.0124. The van der Waals surface area contributed by atoms with Crippen molar-refractivity contribution in [1.29, 1.82) is 0 Å². The third kappa shape index (κ3) is 3.26. The van der Waals surface area contributed by atoms with Crippen LogP contribution in [0, 0.1) is 12.3 Å². The second-order valence-corrected chi connectivity index (χ2v) is 5.47. The number of anilines is 1. The van der Waals surface area contributed by atoms with Crippen LogP contribution < -0.4 is 15.0 Å². The Kier molecular flexibility index (Phi) is 4.57. The molecule has 0 bridgehead atoms. The lowest BCUT2D eigenvalue weighted by molar-refractivity contribution is -0.122. The van der Waals surface area contributed by atoms with Crippen molar-refractivity contribution in [3.8, 4) is 18.1 Å². The highest BCUT2D eigenvalue weighted by atomic mass is 16.5. The molecular weight excluding hydrogens is 320 g/mol. The van der Waals surface area contributed by atoms with Crippen LogP contribution >= 0.6 is 0 Å². The van der Waals surface area contributed by atoms with E-state index in [9.17, 15) is 14.7 Å². The van der Waals surface area contributed by atoms with Crippen molar-refractivity contribution in [2.45, 2.75) is 12.1 Å². The molecule has 6 nitrogen and oxygen atoms in total. The Morgan fingerprint density at radius 1 is 1.20 bits per heavy atom. The van der Waals surface area contributed by atoms with Crippen LogP contribution in [0.3, 0.4) is 0 Å². The molecule has 2 amide bonds. The van der Waals surface area contributed by atoms with Gasteiger partial charge in [-0.05, 0) is 17.7 Å². The summed E-state index contributed by atoms with van der Waals surface area (Å²) < 4.78 is 6.05. The molecule has 1 aliphatic heterocycles. The van der Waals surface area contributed by atoms with Crippen molar-refractivity contribution in [3.63, 3.8) is 0 Å². The van der Waals surface area contributed by atoms with E-state index in [1.54, 1.807) is 48.5 Å². The van der Waals surface area contributed by atoms with Crippen molar-refractivity contribution < 1.29 is 19.4 Å². The van der Waals surface area contributed by atoms with E-state index in [4.69, 9.17) is 11.2 Å². The zero-order valence-electron chi connectivity index (χ0n) is 13.3. The molecule has 0 aliphatic carbocycles. The number of terminal acetylenes is 1. The summed E-state index contributed by atoms with van der Waals surface area (Å²) in [5.74, 6) is 2.45. The van der Waals surface area contributed by atoms with Gasteiger partial charge in [0.1, 0.15) is 5.75 Å². The molecule has 0 saturated carbocycles. The maximum atomic E-state index is 13.0. The minimum atomic E-state index is -1.31. The van der Waals surface area contributed by atoms with Gasteiger partial charge in [0.15, 0.2) is 12.1 Å². The van der Waals surface area contributed by atoms with Gasteiger partial charge in [-0.1, -0.05) is 48.4 Å². The summed E-state index contributed by atoms with van der Waals surface area (Å²) in [5.41, 5.74) is 1.20. The number of rotatable bonds is 3. The lowest BCUT2D eigenvalue weighted by atomic mass is 10.0. The number of hydrogen-bond acceptors (Lipinski definition) is 3. The van der Waals surface area contributed by atoms with Gasteiger partial charge in [-0.2, -0.15) is 0 Å². The van der Waals surface area contributed by atoms with Crippen molar-refractivity contribution in [2.24, 2.45) is 0 Å². The van der Waals surface area contributed by atoms with Crippen LogP contribution in [0.25, 0.3) is 0 Å². The second-order valence-electron chi connectivity index (χ2n) is 5.47. The Balaban J connectivity index is 2.13. The van der Waals surface area contributed by atoms with Gasteiger partial charge in [0.25, 0.3) is 5.91 Å². The molecule has 0 radical (unpaired) electrons. The smallest absolute Gasteiger partial charge is 0.405 e. The average Bonchev–Trinajstić information content (AvgIpc) is 2.73. The number of amides is 2. The predicted molar refractivity (Wildman–Crippen MR) is 92.4 cm³/mol. The molecular formula is C19H16N2O4. The zero-order valence-corrected chi connectivity index (χ0v) is 13.3. The van der Waals surface area contributed by atoms with E-state index in [0.29, 0.717) is 17.0 Å². The highest BCUT2D eigenvalue weighted by Gasteiger charge is 2.40. The molecule has 6 heteroatoms. The van der Waals surface area contributed by atoms with E-state index in [-0.39, 0.29) is 6.54 Å². The Labute approximate surface area is 145 Å². The SMILES string of the molecule is C#CCN1C(=O)[C@@H](NC(=O)O)[C@@H](c2ccccc2)Oc2ccccc21. The molecule has 3 rings (SSSR count). The summed E-state index contributed by atoms with van der Waals surface area (Å²) in [4.78, 5) is 25.7. The molecule has 126 valence electrons. The van der Waals surface area contributed by atoms with E-state index in [1.807, 2.05) is 6.07 Å². The topological polar surface area (TPSA) is 78.9 Å². The number of carbonyl (C=O) groups is 2. The fraction of sp³-hybridized carbons (Fsp3) is 0.158. The van der Waals surface area contributed by atoms with Gasteiger partial charge in [-0.3, -0.25) is 9.69 Å². The van der Waals surface area contributed by atoms with Crippen LogP contribution in [0.1, 0.15) is 11.7 Å². The molecule has 2 aromatic carbocycles. The molecule has 2 aromatic rings. The van der Waals surface area contributed by atoms with Crippen molar-refractivity contribution in [3.05, 3.63) is 60.2 Å². The molecule has 0 unspecified atom stereocenters. The minimum absolute atomic E-state index is 0.0124. The van der Waals surface area contributed by atoms with Gasteiger partial charge in [-0.15, -0.1) is 6.42 Å². The average molecular weight is 336 g/mol. The molecule has 25 heavy (non-hydrogen) atoms. The predicted octanol–water partition coefficient (Wildman–Crippen LogP) is 2.42. The molecule has 2 N–H and O–H groups in total. The highest BCUT2D eigenvalue weighted by Crippen LogP contribution is 2.37. The quantitative estimate of drug-likeness (QED) is 0.844. The van der Waals surface area contributed by atoms with E-state index in [1.165, 1.54) is 4.90 Å². The van der Waals surface area contributed by atoms with Crippen molar-refractivity contribution >= 4 is 17.7 Å². The van der Waals surface area contributed by atoms with Crippen molar-refractivity contribution in [1.82, 2.24) is 5.32 Å². The minimum Gasteiger partial charge on any atom is -0.481 e. The second kappa shape index (κ2) is 6.97. The van der Waals surface area contributed by atoms with Crippen LogP contribution in [0.4, 0.5) is 10.5 Å². The molecule has 0 spiro atoms. The lowest BCUT2D eigenvalue weighted by Gasteiger charge is -2.26. The number of ether oxygens (including phenoxy) is 1.